The minimum Gasteiger partial charge on any atom is -0.316 e. The monoisotopic (exact) mass is 283 g/mol. The SMILES string of the molecule is CNCc1ccc(S(=O)(=O)NCC2(C)CCC2)nc1. The maximum absolute atomic E-state index is 12.1. The van der Waals surface area contributed by atoms with Gasteiger partial charge < -0.3 is 5.32 Å². The Hall–Kier alpha value is -0.980. The number of sulfonamides is 1. The Balaban J connectivity index is 2.02. The van der Waals surface area contributed by atoms with Crippen LogP contribution in [0, 0.1) is 5.41 Å². The van der Waals surface area contributed by atoms with Gasteiger partial charge in [0, 0.05) is 19.3 Å². The Morgan fingerprint density at radius 1 is 1.37 bits per heavy atom. The molecule has 1 aromatic heterocycles. The number of rotatable bonds is 6. The molecule has 0 spiro atoms. The molecule has 0 aliphatic heterocycles. The maximum atomic E-state index is 12.1. The molecule has 2 rings (SSSR count). The van der Waals surface area contributed by atoms with Gasteiger partial charge in [-0.15, -0.1) is 0 Å². The zero-order valence-corrected chi connectivity index (χ0v) is 12.3. The average molecular weight is 283 g/mol. The number of hydrogen-bond acceptors (Lipinski definition) is 4. The molecule has 1 heterocycles. The van der Waals surface area contributed by atoms with Crippen molar-refractivity contribution in [3.8, 4) is 0 Å². The van der Waals surface area contributed by atoms with E-state index in [2.05, 4.69) is 21.9 Å². The zero-order chi connectivity index (χ0) is 13.9. The third kappa shape index (κ3) is 3.52. The molecule has 2 N–H and O–H groups in total. The topological polar surface area (TPSA) is 71.1 Å². The summed E-state index contributed by atoms with van der Waals surface area (Å²) in [7, 11) is -1.64. The van der Waals surface area contributed by atoms with E-state index in [4.69, 9.17) is 0 Å². The Kier molecular flexibility index (Phi) is 4.23. The van der Waals surface area contributed by atoms with Crippen LogP contribution in [0.25, 0.3) is 0 Å². The highest BCUT2D eigenvalue weighted by Crippen LogP contribution is 2.39. The van der Waals surface area contributed by atoms with E-state index in [1.54, 1.807) is 18.3 Å². The fourth-order valence-electron chi connectivity index (χ4n) is 2.18. The first-order valence-electron chi connectivity index (χ1n) is 6.54. The van der Waals surface area contributed by atoms with E-state index >= 15 is 0 Å². The minimum absolute atomic E-state index is 0.0928. The van der Waals surface area contributed by atoms with Crippen LogP contribution in [-0.4, -0.2) is 27.0 Å². The summed E-state index contributed by atoms with van der Waals surface area (Å²) in [5.74, 6) is 0. The van der Waals surface area contributed by atoms with Gasteiger partial charge in [0.1, 0.15) is 0 Å². The van der Waals surface area contributed by atoms with Gasteiger partial charge in [-0.05, 0) is 36.9 Å². The van der Waals surface area contributed by atoms with Gasteiger partial charge in [-0.2, -0.15) is 0 Å². The highest BCUT2D eigenvalue weighted by atomic mass is 32.2. The summed E-state index contributed by atoms with van der Waals surface area (Å²) in [5.41, 5.74) is 1.09. The molecule has 0 bridgehead atoms. The van der Waals surface area contributed by atoms with E-state index in [-0.39, 0.29) is 10.4 Å². The molecule has 1 aliphatic carbocycles. The zero-order valence-electron chi connectivity index (χ0n) is 11.4. The Labute approximate surface area is 114 Å². The van der Waals surface area contributed by atoms with E-state index in [9.17, 15) is 8.42 Å². The Bertz CT molecular complexity index is 521. The van der Waals surface area contributed by atoms with Crippen LogP contribution < -0.4 is 10.0 Å². The summed E-state index contributed by atoms with van der Waals surface area (Å²) in [4.78, 5) is 4.02. The Morgan fingerprint density at radius 2 is 2.11 bits per heavy atom. The molecule has 106 valence electrons. The van der Waals surface area contributed by atoms with Crippen LogP contribution in [-0.2, 0) is 16.6 Å². The van der Waals surface area contributed by atoms with Gasteiger partial charge in [0.15, 0.2) is 5.03 Å². The molecule has 19 heavy (non-hydrogen) atoms. The normalized spacial score (nSPS) is 18.0. The molecule has 6 heteroatoms. The van der Waals surface area contributed by atoms with E-state index in [0.717, 1.165) is 18.4 Å². The summed E-state index contributed by atoms with van der Waals surface area (Å²) in [5, 5.41) is 3.09. The third-order valence-electron chi connectivity index (χ3n) is 3.70. The van der Waals surface area contributed by atoms with E-state index in [0.29, 0.717) is 13.1 Å². The first-order chi connectivity index (χ1) is 8.95. The molecular formula is C13H21N3O2S. The lowest BCUT2D eigenvalue weighted by Crippen LogP contribution is -2.40. The van der Waals surface area contributed by atoms with Crippen LogP contribution in [0.15, 0.2) is 23.4 Å². The van der Waals surface area contributed by atoms with Crippen molar-refractivity contribution >= 4 is 10.0 Å². The lowest BCUT2D eigenvalue weighted by atomic mass is 9.71. The second-order valence-electron chi connectivity index (χ2n) is 5.52. The minimum atomic E-state index is -3.48. The van der Waals surface area contributed by atoms with Gasteiger partial charge in [0.25, 0.3) is 10.0 Å². The van der Waals surface area contributed by atoms with Gasteiger partial charge in [0.2, 0.25) is 0 Å². The van der Waals surface area contributed by atoms with Crippen molar-refractivity contribution in [2.45, 2.75) is 37.8 Å². The van der Waals surface area contributed by atoms with Crippen molar-refractivity contribution < 1.29 is 8.42 Å². The van der Waals surface area contributed by atoms with Gasteiger partial charge in [-0.3, -0.25) is 0 Å². The molecule has 5 nitrogen and oxygen atoms in total. The number of nitrogens with zero attached hydrogens (tertiary/aromatic N) is 1. The highest BCUT2D eigenvalue weighted by Gasteiger charge is 2.33. The van der Waals surface area contributed by atoms with Crippen LogP contribution in [0.3, 0.4) is 0 Å². The van der Waals surface area contributed by atoms with Crippen molar-refractivity contribution in [3.05, 3.63) is 23.9 Å². The number of nitrogens with one attached hydrogen (secondary N) is 2. The molecule has 0 amide bonds. The van der Waals surface area contributed by atoms with Crippen LogP contribution in [0.1, 0.15) is 31.7 Å². The summed E-state index contributed by atoms with van der Waals surface area (Å²) in [6, 6.07) is 3.33. The van der Waals surface area contributed by atoms with Crippen LogP contribution in [0.4, 0.5) is 0 Å². The highest BCUT2D eigenvalue weighted by molar-refractivity contribution is 7.89. The molecule has 0 saturated heterocycles. The molecule has 1 aliphatic rings. The first-order valence-corrected chi connectivity index (χ1v) is 8.03. The average Bonchev–Trinajstić information content (AvgIpc) is 2.35. The van der Waals surface area contributed by atoms with Crippen molar-refractivity contribution in [3.63, 3.8) is 0 Å². The summed E-state index contributed by atoms with van der Waals surface area (Å²) in [6.45, 7) is 3.29. The van der Waals surface area contributed by atoms with Crippen molar-refractivity contribution in [2.24, 2.45) is 5.41 Å². The Morgan fingerprint density at radius 3 is 2.58 bits per heavy atom. The molecule has 0 aromatic carbocycles. The fourth-order valence-corrected chi connectivity index (χ4v) is 3.30. The quantitative estimate of drug-likeness (QED) is 0.825. The second kappa shape index (κ2) is 5.56. The molecule has 0 atom stereocenters. The van der Waals surface area contributed by atoms with Gasteiger partial charge in [0.05, 0.1) is 0 Å². The fraction of sp³-hybridized carbons (Fsp3) is 0.615. The number of aromatic nitrogens is 1. The smallest absolute Gasteiger partial charge is 0.258 e. The van der Waals surface area contributed by atoms with Crippen molar-refractivity contribution in [1.82, 2.24) is 15.0 Å². The van der Waals surface area contributed by atoms with Crippen LogP contribution in [0.5, 0.6) is 0 Å². The molecule has 1 saturated carbocycles. The lowest BCUT2D eigenvalue weighted by Gasteiger charge is -2.38. The molecule has 0 unspecified atom stereocenters. The largest absolute Gasteiger partial charge is 0.316 e. The van der Waals surface area contributed by atoms with Crippen LogP contribution in [0.2, 0.25) is 0 Å². The predicted molar refractivity (Wildman–Crippen MR) is 74.1 cm³/mol. The van der Waals surface area contributed by atoms with Gasteiger partial charge >= 0.3 is 0 Å². The van der Waals surface area contributed by atoms with Crippen LogP contribution >= 0.6 is 0 Å². The molecular weight excluding hydrogens is 262 g/mol. The third-order valence-corrected chi connectivity index (χ3v) is 5.02. The molecule has 0 radical (unpaired) electrons. The first kappa shape index (κ1) is 14.4. The summed E-state index contributed by atoms with van der Waals surface area (Å²) < 4.78 is 26.9. The van der Waals surface area contributed by atoms with E-state index < -0.39 is 10.0 Å². The van der Waals surface area contributed by atoms with Crippen molar-refractivity contribution in [1.29, 1.82) is 0 Å². The molecule has 1 fully saturated rings. The molecule has 1 aromatic rings. The summed E-state index contributed by atoms with van der Waals surface area (Å²) in [6.07, 6.45) is 4.96. The summed E-state index contributed by atoms with van der Waals surface area (Å²) >= 11 is 0. The van der Waals surface area contributed by atoms with E-state index in [1.165, 1.54) is 6.42 Å². The lowest BCUT2D eigenvalue weighted by molar-refractivity contribution is 0.166. The number of pyridine rings is 1. The van der Waals surface area contributed by atoms with Gasteiger partial charge in [-0.1, -0.05) is 19.4 Å². The standard InChI is InChI=1S/C13H21N3O2S/c1-13(6-3-7-13)10-16-19(17,18)12-5-4-11(8-14-2)9-15-12/h4-5,9,14,16H,3,6-8,10H2,1-2H3. The van der Waals surface area contributed by atoms with Gasteiger partial charge in [-0.25, -0.2) is 18.1 Å². The van der Waals surface area contributed by atoms with E-state index in [1.807, 2.05) is 7.05 Å². The maximum Gasteiger partial charge on any atom is 0.258 e. The second-order valence-corrected chi connectivity index (χ2v) is 7.24. The number of hydrogen-bond donors (Lipinski definition) is 2. The predicted octanol–water partition coefficient (Wildman–Crippen LogP) is 1.27. The van der Waals surface area contributed by atoms with Crippen molar-refractivity contribution in [2.75, 3.05) is 13.6 Å².